The van der Waals surface area contributed by atoms with Crippen molar-refractivity contribution in [3.8, 4) is 0 Å². The van der Waals surface area contributed by atoms with Crippen molar-refractivity contribution in [2.45, 2.75) is 19.4 Å². The van der Waals surface area contributed by atoms with Gasteiger partial charge in [0.25, 0.3) is 5.91 Å². The number of fused-ring (bicyclic) bond motifs is 2. The molecule has 160 valence electrons. The fraction of sp³-hybridized carbons (Fsp3) is 0.409. The number of carbonyl (C=O) groups is 1. The molecule has 0 bridgehead atoms. The predicted molar refractivity (Wildman–Crippen MR) is 123 cm³/mol. The summed E-state index contributed by atoms with van der Waals surface area (Å²) in [5.74, 6) is 1.53. The summed E-state index contributed by atoms with van der Waals surface area (Å²) in [4.78, 5) is 19.6. The van der Waals surface area contributed by atoms with E-state index in [9.17, 15) is 4.79 Å². The third-order valence-corrected chi connectivity index (χ3v) is 6.20. The van der Waals surface area contributed by atoms with Crippen LogP contribution >= 0.6 is 24.8 Å². The Morgan fingerprint density at radius 1 is 1.03 bits per heavy atom. The van der Waals surface area contributed by atoms with Crippen molar-refractivity contribution in [3.63, 3.8) is 0 Å². The van der Waals surface area contributed by atoms with Gasteiger partial charge in [-0.05, 0) is 49.4 Å². The quantitative estimate of drug-likeness (QED) is 0.667. The first-order valence-electron chi connectivity index (χ1n) is 10.1. The first-order chi connectivity index (χ1) is 13.8. The van der Waals surface area contributed by atoms with Gasteiger partial charge in [-0.2, -0.15) is 5.10 Å². The summed E-state index contributed by atoms with van der Waals surface area (Å²) in [6.45, 7) is 4.55. The minimum Gasteiger partial charge on any atom is -0.339 e. The summed E-state index contributed by atoms with van der Waals surface area (Å²) >= 11 is 0. The molecule has 2 aliphatic heterocycles. The fourth-order valence-electron chi connectivity index (χ4n) is 4.56. The van der Waals surface area contributed by atoms with E-state index in [1.54, 1.807) is 12.4 Å². The van der Waals surface area contributed by atoms with Crippen molar-refractivity contribution in [1.29, 1.82) is 0 Å². The molecule has 4 heterocycles. The number of hydrogen-bond donors (Lipinski definition) is 1. The number of aromatic nitrogens is 3. The highest BCUT2D eigenvalue weighted by molar-refractivity contribution is 5.96. The van der Waals surface area contributed by atoms with Gasteiger partial charge in [0.15, 0.2) is 5.65 Å². The molecule has 0 spiro atoms. The zero-order chi connectivity index (χ0) is 18.9. The van der Waals surface area contributed by atoms with Crippen LogP contribution in [0.25, 0.3) is 11.0 Å². The average Bonchev–Trinajstić information content (AvgIpc) is 3.30. The lowest BCUT2D eigenvalue weighted by atomic mass is 9.92. The number of halogens is 2. The molecule has 6 nitrogen and oxygen atoms in total. The van der Waals surface area contributed by atoms with E-state index in [2.05, 4.69) is 27.5 Å². The molecule has 5 rings (SSSR count). The van der Waals surface area contributed by atoms with Crippen molar-refractivity contribution in [2.75, 3.05) is 26.2 Å². The van der Waals surface area contributed by atoms with Crippen molar-refractivity contribution in [2.24, 2.45) is 11.8 Å². The van der Waals surface area contributed by atoms with E-state index in [1.165, 1.54) is 5.56 Å². The van der Waals surface area contributed by atoms with Gasteiger partial charge in [0.05, 0.1) is 18.3 Å². The highest BCUT2D eigenvalue weighted by Gasteiger charge is 2.31. The summed E-state index contributed by atoms with van der Waals surface area (Å²) in [6.07, 6.45) is 5.70. The van der Waals surface area contributed by atoms with Gasteiger partial charge in [-0.15, -0.1) is 24.8 Å². The zero-order valence-electron chi connectivity index (χ0n) is 16.7. The third-order valence-electron chi connectivity index (χ3n) is 6.20. The van der Waals surface area contributed by atoms with Crippen molar-refractivity contribution < 1.29 is 4.79 Å². The van der Waals surface area contributed by atoms with Gasteiger partial charge < -0.3 is 10.2 Å². The van der Waals surface area contributed by atoms with Gasteiger partial charge in [-0.25, -0.2) is 9.67 Å². The highest BCUT2D eigenvalue weighted by Crippen LogP contribution is 2.28. The van der Waals surface area contributed by atoms with Crippen LogP contribution in [0.5, 0.6) is 0 Å². The molecule has 0 saturated carbocycles. The minimum atomic E-state index is 0. The third kappa shape index (κ3) is 4.46. The Morgan fingerprint density at radius 3 is 2.43 bits per heavy atom. The first-order valence-corrected chi connectivity index (χ1v) is 10.1. The first kappa shape index (κ1) is 22.5. The molecule has 30 heavy (non-hydrogen) atoms. The predicted octanol–water partition coefficient (Wildman–Crippen LogP) is 3.39. The number of pyridine rings is 1. The van der Waals surface area contributed by atoms with Crippen LogP contribution < -0.4 is 5.32 Å². The highest BCUT2D eigenvalue weighted by atomic mass is 35.5. The van der Waals surface area contributed by atoms with Crippen molar-refractivity contribution >= 4 is 41.8 Å². The molecule has 2 atom stereocenters. The standard InChI is InChI=1S/C22H25N5O.2ClH/c28-22(26-8-6-17-11-23-12-18(17)7-9-26)20-10-19-14-25-27(21(19)24-13-20)15-16-4-2-1-3-5-16;;/h1-5,10,13-14,17-18,23H,6-9,11-12,15H2;2*1H/t17-,18+;;. The molecule has 0 unspecified atom stereocenters. The molecular weight excluding hydrogens is 421 g/mol. The zero-order valence-corrected chi connectivity index (χ0v) is 18.4. The van der Waals surface area contributed by atoms with Crippen molar-refractivity contribution in [1.82, 2.24) is 25.0 Å². The SMILES string of the molecule is Cl.Cl.O=C(c1cnc2c(cnn2Cc2ccccc2)c1)N1CC[C@@H]2CNC[C@@H]2CC1. The fourth-order valence-corrected chi connectivity index (χ4v) is 4.56. The van der Waals surface area contributed by atoms with E-state index in [4.69, 9.17) is 0 Å². The van der Waals surface area contributed by atoms with Crippen LogP contribution in [-0.4, -0.2) is 51.8 Å². The Kier molecular flexibility index (Phi) is 7.34. The molecule has 0 radical (unpaired) electrons. The molecule has 2 fully saturated rings. The molecule has 1 aromatic carbocycles. The van der Waals surface area contributed by atoms with Crippen LogP contribution in [0.2, 0.25) is 0 Å². The smallest absolute Gasteiger partial charge is 0.255 e. The molecule has 2 aliphatic rings. The average molecular weight is 448 g/mol. The van der Waals surface area contributed by atoms with Gasteiger partial charge in [0.2, 0.25) is 0 Å². The lowest BCUT2D eigenvalue weighted by Gasteiger charge is -2.20. The lowest BCUT2D eigenvalue weighted by molar-refractivity contribution is 0.0758. The van der Waals surface area contributed by atoms with Crippen LogP contribution in [0, 0.1) is 11.8 Å². The number of benzene rings is 1. The van der Waals surface area contributed by atoms with Gasteiger partial charge in [-0.3, -0.25) is 4.79 Å². The van der Waals surface area contributed by atoms with Crippen molar-refractivity contribution in [3.05, 3.63) is 59.9 Å². The van der Waals surface area contributed by atoms with E-state index in [0.29, 0.717) is 12.1 Å². The normalized spacial score (nSPS) is 20.7. The minimum absolute atomic E-state index is 0. The number of hydrogen-bond acceptors (Lipinski definition) is 4. The van der Waals surface area contributed by atoms with Gasteiger partial charge in [-0.1, -0.05) is 30.3 Å². The van der Waals surface area contributed by atoms with E-state index in [-0.39, 0.29) is 30.7 Å². The van der Waals surface area contributed by atoms with E-state index >= 15 is 0 Å². The van der Waals surface area contributed by atoms with Crippen LogP contribution in [0.3, 0.4) is 0 Å². The van der Waals surface area contributed by atoms with Crippen LogP contribution in [0.1, 0.15) is 28.8 Å². The number of nitrogens with zero attached hydrogens (tertiary/aromatic N) is 4. The number of likely N-dealkylation sites (tertiary alicyclic amines) is 1. The molecule has 0 aliphatic carbocycles. The molecule has 2 saturated heterocycles. The Hall–Kier alpha value is -2.15. The van der Waals surface area contributed by atoms with E-state index in [1.807, 2.05) is 33.8 Å². The maximum Gasteiger partial charge on any atom is 0.255 e. The molecule has 3 aromatic rings. The van der Waals surface area contributed by atoms with Crippen LogP contribution in [0.15, 0.2) is 48.8 Å². The molecule has 8 heteroatoms. The number of rotatable bonds is 3. The topological polar surface area (TPSA) is 63.1 Å². The van der Waals surface area contributed by atoms with Gasteiger partial charge in [0.1, 0.15) is 0 Å². The molecule has 1 N–H and O–H groups in total. The Bertz CT molecular complexity index is 980. The second kappa shape index (κ2) is 9.77. The van der Waals surface area contributed by atoms with E-state index < -0.39 is 0 Å². The van der Waals surface area contributed by atoms with Crippen LogP contribution in [0.4, 0.5) is 0 Å². The molecule has 1 amide bonds. The Balaban J connectivity index is 0.00000128. The summed E-state index contributed by atoms with van der Waals surface area (Å²) < 4.78 is 1.89. The Morgan fingerprint density at radius 2 is 1.73 bits per heavy atom. The van der Waals surface area contributed by atoms with Crippen LogP contribution in [-0.2, 0) is 6.54 Å². The van der Waals surface area contributed by atoms with Gasteiger partial charge in [0, 0.05) is 24.7 Å². The maximum absolute atomic E-state index is 13.1. The monoisotopic (exact) mass is 447 g/mol. The Labute approximate surface area is 188 Å². The van der Waals surface area contributed by atoms with E-state index in [0.717, 1.165) is 61.9 Å². The van der Waals surface area contributed by atoms with Gasteiger partial charge >= 0.3 is 0 Å². The number of nitrogens with one attached hydrogen (secondary N) is 1. The summed E-state index contributed by atoms with van der Waals surface area (Å²) in [5.41, 5.74) is 2.66. The summed E-state index contributed by atoms with van der Waals surface area (Å²) in [5, 5.41) is 8.88. The molecular formula is C22H27Cl2N5O. The number of carbonyl (C=O) groups excluding carboxylic acids is 1. The second-order valence-corrected chi connectivity index (χ2v) is 7.97. The largest absolute Gasteiger partial charge is 0.339 e. The number of amides is 1. The lowest BCUT2D eigenvalue weighted by Crippen LogP contribution is -2.32. The second-order valence-electron chi connectivity index (χ2n) is 7.97. The molecule has 2 aromatic heterocycles. The maximum atomic E-state index is 13.1. The summed E-state index contributed by atoms with van der Waals surface area (Å²) in [6, 6.07) is 12.2. The summed E-state index contributed by atoms with van der Waals surface area (Å²) in [7, 11) is 0.